The smallest absolute Gasteiger partial charge is 0.200 e. The van der Waals surface area contributed by atoms with Crippen molar-refractivity contribution in [2.45, 2.75) is 31.6 Å². The Bertz CT molecular complexity index is 855. The van der Waals surface area contributed by atoms with E-state index in [1.54, 1.807) is 30.9 Å². The molecule has 5 nitrogen and oxygen atoms in total. The van der Waals surface area contributed by atoms with Crippen LogP contribution in [0.1, 0.15) is 37.0 Å². The molecule has 3 aromatic rings. The highest BCUT2D eigenvalue weighted by Gasteiger charge is 2.36. The van der Waals surface area contributed by atoms with Gasteiger partial charge < -0.3 is 9.32 Å². The highest BCUT2D eigenvalue weighted by Crippen LogP contribution is 2.35. The van der Waals surface area contributed by atoms with Crippen molar-refractivity contribution in [1.29, 1.82) is 0 Å². The largest absolute Gasteiger partial charge is 0.445 e. The van der Waals surface area contributed by atoms with Gasteiger partial charge in [0.2, 0.25) is 0 Å². The fourth-order valence-corrected chi connectivity index (χ4v) is 3.39. The molecule has 6 heteroatoms. The van der Waals surface area contributed by atoms with E-state index in [1.165, 1.54) is 12.1 Å². The maximum atomic E-state index is 13.0. The summed E-state index contributed by atoms with van der Waals surface area (Å²) in [6.45, 7) is 4.02. The van der Waals surface area contributed by atoms with Crippen LogP contribution in [0.15, 0.2) is 53.5 Å². The van der Waals surface area contributed by atoms with Crippen LogP contribution in [0.25, 0.3) is 0 Å². The molecule has 0 spiro atoms. The third-order valence-electron chi connectivity index (χ3n) is 5.12. The zero-order chi connectivity index (χ0) is 18.0. The van der Waals surface area contributed by atoms with Crippen molar-refractivity contribution < 1.29 is 8.81 Å². The Morgan fingerprint density at radius 1 is 1.12 bits per heavy atom. The summed E-state index contributed by atoms with van der Waals surface area (Å²) in [6.07, 6.45) is 7.67. The van der Waals surface area contributed by atoms with E-state index in [-0.39, 0.29) is 11.2 Å². The second-order valence-electron chi connectivity index (χ2n) is 7.05. The van der Waals surface area contributed by atoms with E-state index in [1.807, 2.05) is 6.07 Å². The molecule has 1 aliphatic heterocycles. The molecule has 0 N–H and O–H groups in total. The summed E-state index contributed by atoms with van der Waals surface area (Å²) < 4.78 is 19.1. The van der Waals surface area contributed by atoms with E-state index < -0.39 is 0 Å². The summed E-state index contributed by atoms with van der Waals surface area (Å²) in [4.78, 5) is 15.1. The monoisotopic (exact) mass is 352 g/mol. The number of piperidine rings is 1. The minimum Gasteiger partial charge on any atom is -0.445 e. The van der Waals surface area contributed by atoms with Crippen LogP contribution in [0.4, 0.5) is 10.2 Å². The highest BCUT2D eigenvalue weighted by atomic mass is 19.1. The number of halogens is 1. The lowest BCUT2D eigenvalue weighted by molar-refractivity contribution is 0.278. The van der Waals surface area contributed by atoms with Crippen molar-refractivity contribution >= 4 is 5.82 Å². The zero-order valence-electron chi connectivity index (χ0n) is 14.7. The first-order valence-electron chi connectivity index (χ1n) is 8.83. The number of hydrogen-bond acceptors (Lipinski definition) is 5. The maximum absolute atomic E-state index is 13.0. The highest BCUT2D eigenvalue weighted by molar-refractivity contribution is 5.37. The van der Waals surface area contributed by atoms with Gasteiger partial charge in [-0.1, -0.05) is 19.1 Å². The number of rotatable bonds is 4. The molecule has 3 heterocycles. The first-order chi connectivity index (χ1) is 12.6. The predicted octanol–water partition coefficient (Wildman–Crippen LogP) is 3.75. The summed E-state index contributed by atoms with van der Waals surface area (Å²) in [5.41, 5.74) is 0.933. The van der Waals surface area contributed by atoms with E-state index in [4.69, 9.17) is 4.42 Å². The normalized spacial score (nSPS) is 16.6. The van der Waals surface area contributed by atoms with Gasteiger partial charge in [0.15, 0.2) is 5.89 Å². The van der Waals surface area contributed by atoms with Crippen LogP contribution in [0, 0.1) is 5.82 Å². The van der Waals surface area contributed by atoms with Crippen LogP contribution in [0.5, 0.6) is 0 Å². The molecule has 0 saturated carbocycles. The van der Waals surface area contributed by atoms with E-state index >= 15 is 0 Å². The molecule has 1 fully saturated rings. The Labute approximate surface area is 151 Å². The molecule has 0 radical (unpaired) electrons. The van der Waals surface area contributed by atoms with Gasteiger partial charge in [-0.25, -0.2) is 19.3 Å². The molecular weight excluding hydrogens is 331 g/mol. The van der Waals surface area contributed by atoms with Crippen LogP contribution in [0.2, 0.25) is 0 Å². The molecule has 26 heavy (non-hydrogen) atoms. The Balaban J connectivity index is 1.43. The molecule has 1 saturated heterocycles. The van der Waals surface area contributed by atoms with Gasteiger partial charge in [-0.05, 0) is 36.6 Å². The lowest BCUT2D eigenvalue weighted by atomic mass is 9.80. The molecule has 2 aromatic heterocycles. The van der Waals surface area contributed by atoms with Gasteiger partial charge in [-0.3, -0.25) is 0 Å². The van der Waals surface area contributed by atoms with E-state index in [2.05, 4.69) is 26.8 Å². The number of benzene rings is 1. The minimum atomic E-state index is -0.227. The first kappa shape index (κ1) is 16.7. The standard InChI is InChI=1S/C20H21FN4O/c1-20(7-10-25(11-8-20)18-6-9-22-14-24-18)19-23-13-17(26-19)12-15-2-4-16(21)5-3-15/h2-6,9,13-14H,7-8,10-12H2,1H3. The van der Waals surface area contributed by atoms with Crippen LogP contribution in [-0.4, -0.2) is 28.0 Å². The van der Waals surface area contributed by atoms with Gasteiger partial charge >= 0.3 is 0 Å². The van der Waals surface area contributed by atoms with Crippen molar-refractivity contribution in [1.82, 2.24) is 15.0 Å². The summed E-state index contributed by atoms with van der Waals surface area (Å²) in [6, 6.07) is 8.43. The lowest BCUT2D eigenvalue weighted by Gasteiger charge is -2.37. The van der Waals surface area contributed by atoms with Crippen molar-refractivity contribution in [3.05, 3.63) is 72.1 Å². The fourth-order valence-electron chi connectivity index (χ4n) is 3.39. The van der Waals surface area contributed by atoms with Crippen molar-refractivity contribution in [3.8, 4) is 0 Å². The molecule has 0 amide bonds. The molecule has 1 aliphatic rings. The number of oxazole rings is 1. The number of hydrogen-bond donors (Lipinski definition) is 0. The Kier molecular flexibility index (Phi) is 4.41. The van der Waals surface area contributed by atoms with Gasteiger partial charge in [0.1, 0.15) is 23.7 Å². The summed E-state index contributed by atoms with van der Waals surface area (Å²) >= 11 is 0. The van der Waals surface area contributed by atoms with E-state index in [0.717, 1.165) is 49.0 Å². The number of nitrogens with zero attached hydrogens (tertiary/aromatic N) is 4. The Morgan fingerprint density at radius 2 is 1.88 bits per heavy atom. The van der Waals surface area contributed by atoms with E-state index in [9.17, 15) is 4.39 Å². The Hall–Kier alpha value is -2.76. The average molecular weight is 352 g/mol. The lowest BCUT2D eigenvalue weighted by Crippen LogP contribution is -2.41. The van der Waals surface area contributed by atoms with Crippen molar-refractivity contribution in [2.75, 3.05) is 18.0 Å². The second kappa shape index (κ2) is 6.86. The molecule has 0 atom stereocenters. The van der Waals surface area contributed by atoms with Gasteiger partial charge in [0.05, 0.1) is 6.20 Å². The van der Waals surface area contributed by atoms with Crippen molar-refractivity contribution in [3.63, 3.8) is 0 Å². The first-order valence-corrected chi connectivity index (χ1v) is 8.83. The fraction of sp³-hybridized carbons (Fsp3) is 0.350. The average Bonchev–Trinajstić information content (AvgIpc) is 3.14. The number of anilines is 1. The van der Waals surface area contributed by atoms with Crippen molar-refractivity contribution in [2.24, 2.45) is 0 Å². The second-order valence-corrected chi connectivity index (χ2v) is 7.05. The molecule has 1 aromatic carbocycles. The predicted molar refractivity (Wildman–Crippen MR) is 96.5 cm³/mol. The van der Waals surface area contributed by atoms with Crippen LogP contribution in [0.3, 0.4) is 0 Å². The van der Waals surface area contributed by atoms with Gasteiger partial charge in [0.25, 0.3) is 0 Å². The molecule has 134 valence electrons. The minimum absolute atomic E-state index is 0.0788. The third-order valence-corrected chi connectivity index (χ3v) is 5.12. The SMILES string of the molecule is CC1(c2ncc(Cc3ccc(F)cc3)o2)CCN(c2ccncn2)CC1. The topological polar surface area (TPSA) is 55.1 Å². The number of aromatic nitrogens is 3. The molecule has 0 unspecified atom stereocenters. The van der Waals surface area contributed by atoms with Crippen LogP contribution >= 0.6 is 0 Å². The third kappa shape index (κ3) is 3.45. The summed E-state index contributed by atoms with van der Waals surface area (Å²) in [7, 11) is 0. The quantitative estimate of drug-likeness (QED) is 0.716. The van der Waals surface area contributed by atoms with Crippen LogP contribution in [-0.2, 0) is 11.8 Å². The molecule has 0 bridgehead atoms. The molecule has 0 aliphatic carbocycles. The van der Waals surface area contributed by atoms with Gasteiger partial charge in [-0.15, -0.1) is 0 Å². The summed E-state index contributed by atoms with van der Waals surface area (Å²) in [5.74, 6) is 2.34. The Morgan fingerprint density at radius 3 is 2.58 bits per heavy atom. The maximum Gasteiger partial charge on any atom is 0.200 e. The summed E-state index contributed by atoms with van der Waals surface area (Å²) in [5, 5.41) is 0. The van der Waals surface area contributed by atoms with Crippen LogP contribution < -0.4 is 4.90 Å². The molecular formula is C20H21FN4O. The van der Waals surface area contributed by atoms with E-state index in [0.29, 0.717) is 6.42 Å². The zero-order valence-corrected chi connectivity index (χ0v) is 14.7. The molecule has 4 rings (SSSR count). The van der Waals surface area contributed by atoms with Gasteiger partial charge in [0, 0.05) is 31.1 Å². The van der Waals surface area contributed by atoms with Gasteiger partial charge in [-0.2, -0.15) is 0 Å².